The second kappa shape index (κ2) is 13.7. The van der Waals surface area contributed by atoms with Crippen LogP contribution in [0.3, 0.4) is 0 Å². The van der Waals surface area contributed by atoms with Gasteiger partial charge in [-0.3, -0.25) is 14.4 Å². The molecule has 0 heterocycles. The summed E-state index contributed by atoms with van der Waals surface area (Å²) >= 11 is 0. The van der Waals surface area contributed by atoms with Crippen LogP contribution in [0.2, 0.25) is 0 Å². The van der Waals surface area contributed by atoms with E-state index in [1.165, 1.54) is 34.6 Å². The molecule has 1 unspecified atom stereocenters. The fraction of sp³-hybridized carbons (Fsp3) is 0.577. The number of benzene rings is 1. The van der Waals surface area contributed by atoms with Crippen LogP contribution < -0.4 is 0 Å². The summed E-state index contributed by atoms with van der Waals surface area (Å²) in [6.07, 6.45) is -3.61. The molecular formula is C26H38NO10+. The maximum Gasteiger partial charge on any atom is 0.509 e. The van der Waals surface area contributed by atoms with Gasteiger partial charge in [0.1, 0.15) is 31.8 Å². The van der Waals surface area contributed by atoms with E-state index in [2.05, 4.69) is 21.1 Å². The lowest BCUT2D eigenvalue weighted by atomic mass is 9.93. The molecule has 0 saturated carbocycles. The molecule has 11 heteroatoms. The Balaban J connectivity index is 2.75. The van der Waals surface area contributed by atoms with E-state index < -0.39 is 54.9 Å². The molecule has 3 atom stereocenters. The number of Topliss-reactive ketones (excluding diaryl/α,β-unsaturated/α-hetero) is 1. The van der Waals surface area contributed by atoms with E-state index in [0.717, 1.165) is 22.2 Å². The normalized spacial score (nSPS) is 14.4. The molecule has 11 nitrogen and oxygen atoms in total. The summed E-state index contributed by atoms with van der Waals surface area (Å²) in [7, 11) is 6.25. The average molecular weight is 525 g/mol. The van der Waals surface area contributed by atoms with Gasteiger partial charge in [-0.05, 0) is 33.3 Å². The van der Waals surface area contributed by atoms with Crippen LogP contribution in [-0.4, -0.2) is 80.9 Å². The van der Waals surface area contributed by atoms with Crippen LogP contribution in [-0.2, 0) is 56.0 Å². The van der Waals surface area contributed by atoms with Crippen LogP contribution >= 0.6 is 0 Å². The van der Waals surface area contributed by atoms with E-state index >= 15 is 0 Å². The minimum absolute atomic E-state index is 0.0409. The molecule has 37 heavy (non-hydrogen) atoms. The van der Waals surface area contributed by atoms with Crippen LogP contribution in [0.5, 0.6) is 0 Å². The van der Waals surface area contributed by atoms with Gasteiger partial charge >= 0.3 is 24.1 Å². The zero-order valence-corrected chi connectivity index (χ0v) is 22.8. The molecule has 0 fully saturated rings. The van der Waals surface area contributed by atoms with Gasteiger partial charge in [-0.1, -0.05) is 24.3 Å². The Bertz CT molecular complexity index is 967. The number of carbonyl (C=O) groups is 5. The summed E-state index contributed by atoms with van der Waals surface area (Å²) in [5, 5.41) is 0. The number of hydrogen-bond acceptors (Lipinski definition) is 10. The Morgan fingerprint density at radius 3 is 1.86 bits per heavy atom. The molecule has 206 valence electrons. The number of ether oxygens (including phenoxy) is 5. The number of carbonyl (C=O) groups excluding carboxylic acids is 5. The van der Waals surface area contributed by atoms with Crippen LogP contribution in [0, 0.1) is 5.41 Å². The minimum atomic E-state index is -1.54. The highest BCUT2D eigenvalue weighted by Gasteiger charge is 2.39. The number of ketones is 1. The van der Waals surface area contributed by atoms with Crippen molar-refractivity contribution in [1.29, 1.82) is 0 Å². The molecule has 1 rings (SSSR count). The highest BCUT2D eigenvalue weighted by molar-refractivity contribution is 5.84. The van der Waals surface area contributed by atoms with Crippen molar-refractivity contribution in [3.8, 4) is 0 Å². The fourth-order valence-electron chi connectivity index (χ4n) is 2.83. The van der Waals surface area contributed by atoms with Crippen molar-refractivity contribution in [3.05, 3.63) is 35.4 Å². The van der Waals surface area contributed by atoms with Gasteiger partial charge in [0.2, 0.25) is 0 Å². The molecule has 0 bridgehead atoms. The summed E-state index contributed by atoms with van der Waals surface area (Å²) in [6.45, 7) is 6.29. The van der Waals surface area contributed by atoms with Crippen LogP contribution in [0.4, 0.5) is 4.79 Å². The Morgan fingerprint density at radius 2 is 1.35 bits per heavy atom. The van der Waals surface area contributed by atoms with Gasteiger partial charge in [0.25, 0.3) is 0 Å². The summed E-state index contributed by atoms with van der Waals surface area (Å²) in [6, 6.07) is 7.60. The second-order valence-corrected chi connectivity index (χ2v) is 10.2. The lowest BCUT2D eigenvalue weighted by molar-refractivity contribution is -0.884. The first-order valence-corrected chi connectivity index (χ1v) is 11.8. The fourth-order valence-corrected chi connectivity index (χ4v) is 2.83. The monoisotopic (exact) mass is 524 g/mol. The molecule has 0 radical (unpaired) electrons. The van der Waals surface area contributed by atoms with Gasteiger partial charge in [-0.25, -0.2) is 9.59 Å². The van der Waals surface area contributed by atoms with Crippen molar-refractivity contribution in [2.24, 2.45) is 5.41 Å². The Kier molecular flexibility index (Phi) is 11.7. The molecule has 1 aromatic rings. The molecule has 0 aromatic heterocycles. The number of nitrogens with zero attached hydrogens (tertiary/aromatic N) is 1. The summed E-state index contributed by atoms with van der Waals surface area (Å²) in [5.74, 6) is -2.71. The molecule has 0 aliphatic rings. The van der Waals surface area contributed by atoms with Crippen molar-refractivity contribution < 1.29 is 52.1 Å². The largest absolute Gasteiger partial charge is 0.509 e. The first-order valence-electron chi connectivity index (χ1n) is 11.8. The van der Waals surface area contributed by atoms with E-state index in [-0.39, 0.29) is 12.4 Å². The SMILES string of the molecule is CC(=O)OCC(C)(COC(=O)O[C@@H](C)C(=O)O[C@@H](C)C(C)=O)C(=O)OCc1ccc(C[N+](C)(C)C)cc1. The van der Waals surface area contributed by atoms with Gasteiger partial charge < -0.3 is 28.2 Å². The van der Waals surface area contributed by atoms with Gasteiger partial charge in [0.15, 0.2) is 18.0 Å². The van der Waals surface area contributed by atoms with E-state index in [9.17, 15) is 24.0 Å². The molecule has 0 aliphatic heterocycles. The van der Waals surface area contributed by atoms with E-state index in [0.29, 0.717) is 0 Å². The predicted octanol–water partition coefficient (Wildman–Crippen LogP) is 2.57. The zero-order valence-electron chi connectivity index (χ0n) is 22.8. The van der Waals surface area contributed by atoms with Gasteiger partial charge in [-0.2, -0.15) is 0 Å². The molecule has 0 saturated heterocycles. The van der Waals surface area contributed by atoms with E-state index in [1.54, 1.807) is 0 Å². The van der Waals surface area contributed by atoms with Crippen molar-refractivity contribution in [1.82, 2.24) is 0 Å². The topological polar surface area (TPSA) is 132 Å². The van der Waals surface area contributed by atoms with Crippen molar-refractivity contribution in [2.75, 3.05) is 34.4 Å². The quantitative estimate of drug-likeness (QED) is 0.215. The number of hydrogen-bond donors (Lipinski definition) is 0. The first-order chi connectivity index (χ1) is 17.0. The molecule has 0 N–H and O–H groups in total. The zero-order chi connectivity index (χ0) is 28.4. The lowest BCUT2D eigenvalue weighted by Crippen LogP contribution is -2.40. The summed E-state index contributed by atoms with van der Waals surface area (Å²) < 4.78 is 25.9. The summed E-state index contributed by atoms with van der Waals surface area (Å²) in [5.41, 5.74) is 0.338. The average Bonchev–Trinajstić information content (AvgIpc) is 2.79. The predicted molar refractivity (Wildman–Crippen MR) is 131 cm³/mol. The third-order valence-electron chi connectivity index (χ3n) is 5.12. The highest BCUT2D eigenvalue weighted by Crippen LogP contribution is 2.22. The van der Waals surface area contributed by atoms with Crippen molar-refractivity contribution in [3.63, 3.8) is 0 Å². The van der Waals surface area contributed by atoms with Crippen LogP contribution in [0.1, 0.15) is 45.7 Å². The summed E-state index contributed by atoms with van der Waals surface area (Å²) in [4.78, 5) is 59.5. The maximum absolute atomic E-state index is 12.9. The van der Waals surface area contributed by atoms with Gasteiger partial charge in [-0.15, -0.1) is 0 Å². The highest BCUT2D eigenvalue weighted by atomic mass is 16.7. The van der Waals surface area contributed by atoms with Gasteiger partial charge in [0.05, 0.1) is 21.1 Å². The Morgan fingerprint density at radius 1 is 0.811 bits per heavy atom. The van der Waals surface area contributed by atoms with E-state index in [1.807, 2.05) is 24.3 Å². The second-order valence-electron chi connectivity index (χ2n) is 10.2. The van der Waals surface area contributed by atoms with Crippen molar-refractivity contribution in [2.45, 2.75) is 60.0 Å². The first kappa shape index (κ1) is 31.6. The smallest absolute Gasteiger partial charge is 0.465 e. The molecular weight excluding hydrogens is 486 g/mol. The molecule has 0 spiro atoms. The third-order valence-corrected chi connectivity index (χ3v) is 5.12. The Hall–Kier alpha value is -3.47. The van der Waals surface area contributed by atoms with Crippen molar-refractivity contribution >= 4 is 29.8 Å². The minimum Gasteiger partial charge on any atom is -0.465 e. The Labute approximate surface area is 217 Å². The number of rotatable bonds is 13. The molecule has 0 aliphatic carbocycles. The maximum atomic E-state index is 12.9. The molecule has 1 aromatic carbocycles. The molecule has 0 amide bonds. The van der Waals surface area contributed by atoms with Gasteiger partial charge in [0, 0.05) is 12.5 Å². The third kappa shape index (κ3) is 11.9. The van der Waals surface area contributed by atoms with Crippen LogP contribution in [0.25, 0.3) is 0 Å². The lowest BCUT2D eigenvalue weighted by Gasteiger charge is -2.26. The number of quaternary nitrogens is 1. The van der Waals surface area contributed by atoms with E-state index in [4.69, 9.17) is 23.7 Å². The standard InChI is InChI=1S/C26H38NO10/c1-17(28)18(2)36-23(30)19(3)37-25(32)35-16-26(5,15-34-20(4)29)24(31)33-14-22-11-9-21(10-12-22)13-27(6,7)8/h9-12,18-19H,13-16H2,1-8H3/q+1/t18-,19-,26?/m0/s1. The van der Waals surface area contributed by atoms with Crippen LogP contribution in [0.15, 0.2) is 24.3 Å². The number of esters is 3.